The number of rotatable bonds is 5. The molecule has 0 aliphatic heterocycles. The summed E-state index contributed by atoms with van der Waals surface area (Å²) in [6.45, 7) is 5.14. The molecule has 2 heteroatoms. The van der Waals surface area contributed by atoms with Gasteiger partial charge in [-0.2, -0.15) is 0 Å². The molecule has 2 atom stereocenters. The molecule has 2 spiro atoms. The number of fused-ring (bicyclic) bond motifs is 1. The van der Waals surface area contributed by atoms with Crippen LogP contribution in [0.15, 0.2) is 0 Å². The van der Waals surface area contributed by atoms with Crippen molar-refractivity contribution in [1.29, 1.82) is 0 Å². The maximum absolute atomic E-state index is 6.05. The van der Waals surface area contributed by atoms with Crippen molar-refractivity contribution in [3.8, 4) is 0 Å². The molecule has 3 rings (SSSR count). The zero-order chi connectivity index (χ0) is 10.4. The van der Waals surface area contributed by atoms with E-state index in [4.69, 9.17) is 4.74 Å². The minimum atomic E-state index is 0.618. The topological polar surface area (TPSA) is 21.3 Å². The summed E-state index contributed by atoms with van der Waals surface area (Å²) in [6.07, 6.45) is 9.36. The van der Waals surface area contributed by atoms with E-state index >= 15 is 0 Å². The van der Waals surface area contributed by atoms with Gasteiger partial charge in [0, 0.05) is 12.0 Å². The van der Waals surface area contributed by atoms with Gasteiger partial charge < -0.3 is 10.1 Å². The van der Waals surface area contributed by atoms with E-state index in [1.807, 2.05) is 0 Å². The van der Waals surface area contributed by atoms with Gasteiger partial charge in [-0.1, -0.05) is 6.92 Å². The Morgan fingerprint density at radius 1 is 1.20 bits per heavy atom. The first-order chi connectivity index (χ1) is 7.33. The van der Waals surface area contributed by atoms with Gasteiger partial charge in [-0.3, -0.25) is 0 Å². The van der Waals surface area contributed by atoms with Gasteiger partial charge in [0.05, 0.1) is 12.7 Å². The van der Waals surface area contributed by atoms with Gasteiger partial charge in [-0.05, 0) is 50.5 Å². The number of ether oxygens (including phenoxy) is 1. The quantitative estimate of drug-likeness (QED) is 0.702. The Hall–Kier alpha value is -0.0800. The zero-order valence-corrected chi connectivity index (χ0v) is 9.85. The minimum absolute atomic E-state index is 0.618. The summed E-state index contributed by atoms with van der Waals surface area (Å²) in [5.74, 6) is 0. The maximum Gasteiger partial charge on any atom is 0.0637 e. The predicted molar refractivity (Wildman–Crippen MR) is 60.9 cm³/mol. The van der Waals surface area contributed by atoms with Crippen LogP contribution in [0.2, 0.25) is 0 Å². The Morgan fingerprint density at radius 3 is 2.47 bits per heavy atom. The summed E-state index contributed by atoms with van der Waals surface area (Å²) < 4.78 is 6.05. The fraction of sp³-hybridized carbons (Fsp3) is 1.00. The van der Waals surface area contributed by atoms with E-state index < -0.39 is 0 Å². The molecule has 0 saturated heterocycles. The average Bonchev–Trinajstić information content (AvgIpc) is 2.96. The Balaban J connectivity index is 1.47. The molecule has 3 aliphatic rings. The van der Waals surface area contributed by atoms with E-state index in [2.05, 4.69) is 12.2 Å². The van der Waals surface area contributed by atoms with Crippen LogP contribution < -0.4 is 5.32 Å². The molecular formula is C13H23NO. The van der Waals surface area contributed by atoms with Crippen LogP contribution in [0, 0.1) is 10.8 Å². The largest absolute Gasteiger partial charge is 0.376 e. The lowest BCUT2D eigenvalue weighted by Crippen LogP contribution is -2.59. The first kappa shape index (κ1) is 10.1. The molecule has 15 heavy (non-hydrogen) atoms. The number of hydrogen-bond acceptors (Lipinski definition) is 2. The second kappa shape index (κ2) is 3.46. The molecule has 0 amide bonds. The second-order valence-electron chi connectivity index (χ2n) is 5.69. The van der Waals surface area contributed by atoms with Gasteiger partial charge in [0.15, 0.2) is 0 Å². The lowest BCUT2D eigenvalue weighted by molar-refractivity contribution is -0.199. The standard InChI is InChI=1S/C13H23NO/c1-2-14-9-10-15-11-3-4-13(11)8-7-12(13)5-6-12/h11,14H,2-10H2,1H3/t11-,13-/m0/s1. The Labute approximate surface area is 92.8 Å². The Kier molecular flexibility index (Phi) is 2.33. The number of nitrogens with one attached hydrogen (secondary N) is 1. The van der Waals surface area contributed by atoms with Crippen molar-refractivity contribution >= 4 is 0 Å². The van der Waals surface area contributed by atoms with Crippen molar-refractivity contribution in [3.63, 3.8) is 0 Å². The lowest BCUT2D eigenvalue weighted by Gasteiger charge is -2.62. The highest BCUT2D eigenvalue weighted by Crippen LogP contribution is 2.78. The van der Waals surface area contributed by atoms with Gasteiger partial charge in [0.1, 0.15) is 0 Å². The third-order valence-electron chi connectivity index (χ3n) is 5.28. The second-order valence-corrected chi connectivity index (χ2v) is 5.69. The molecule has 3 fully saturated rings. The van der Waals surface area contributed by atoms with Crippen LogP contribution in [-0.2, 0) is 4.74 Å². The lowest BCUT2D eigenvalue weighted by atomic mass is 9.46. The number of likely N-dealkylation sites (N-methyl/N-ethyl adjacent to an activating group) is 1. The fourth-order valence-corrected chi connectivity index (χ4v) is 3.89. The predicted octanol–water partition coefficient (Wildman–Crippen LogP) is 2.34. The molecule has 0 bridgehead atoms. The molecule has 3 aliphatic carbocycles. The van der Waals surface area contributed by atoms with Gasteiger partial charge in [0.25, 0.3) is 0 Å². The van der Waals surface area contributed by atoms with Crippen LogP contribution in [0.4, 0.5) is 0 Å². The van der Waals surface area contributed by atoms with Crippen LogP contribution in [0.25, 0.3) is 0 Å². The van der Waals surface area contributed by atoms with Crippen LogP contribution in [0.5, 0.6) is 0 Å². The summed E-state index contributed by atoms with van der Waals surface area (Å²) in [7, 11) is 0. The van der Waals surface area contributed by atoms with Gasteiger partial charge in [-0.15, -0.1) is 0 Å². The molecular weight excluding hydrogens is 186 g/mol. The number of hydrogen-bond donors (Lipinski definition) is 1. The summed E-state index contributed by atoms with van der Waals surface area (Å²) >= 11 is 0. The van der Waals surface area contributed by atoms with Crippen LogP contribution >= 0.6 is 0 Å². The van der Waals surface area contributed by atoms with Crippen molar-refractivity contribution in [2.45, 2.75) is 51.6 Å². The van der Waals surface area contributed by atoms with Crippen molar-refractivity contribution in [1.82, 2.24) is 5.32 Å². The van der Waals surface area contributed by atoms with Crippen LogP contribution in [-0.4, -0.2) is 25.8 Å². The maximum atomic E-state index is 6.05. The summed E-state index contributed by atoms with van der Waals surface area (Å²) in [5.41, 5.74) is 1.45. The highest BCUT2D eigenvalue weighted by atomic mass is 16.5. The third-order valence-corrected chi connectivity index (χ3v) is 5.28. The van der Waals surface area contributed by atoms with Crippen LogP contribution in [0.3, 0.4) is 0 Å². The fourth-order valence-electron chi connectivity index (χ4n) is 3.89. The van der Waals surface area contributed by atoms with E-state index in [0.717, 1.165) is 25.1 Å². The van der Waals surface area contributed by atoms with Crippen molar-refractivity contribution in [2.24, 2.45) is 10.8 Å². The molecule has 0 unspecified atom stereocenters. The Morgan fingerprint density at radius 2 is 2.00 bits per heavy atom. The summed E-state index contributed by atoms with van der Waals surface area (Å²) in [5, 5.41) is 3.33. The monoisotopic (exact) mass is 209 g/mol. The van der Waals surface area contributed by atoms with Crippen LogP contribution in [0.1, 0.15) is 45.4 Å². The van der Waals surface area contributed by atoms with Gasteiger partial charge >= 0.3 is 0 Å². The smallest absolute Gasteiger partial charge is 0.0637 e. The summed E-state index contributed by atoms with van der Waals surface area (Å²) in [6, 6.07) is 0. The van der Waals surface area contributed by atoms with E-state index in [0.29, 0.717) is 11.5 Å². The van der Waals surface area contributed by atoms with Crippen molar-refractivity contribution in [2.75, 3.05) is 19.7 Å². The molecule has 0 aromatic rings. The van der Waals surface area contributed by atoms with E-state index in [9.17, 15) is 0 Å². The van der Waals surface area contributed by atoms with E-state index in [1.165, 1.54) is 38.5 Å². The molecule has 86 valence electrons. The van der Waals surface area contributed by atoms with Crippen molar-refractivity contribution < 1.29 is 4.74 Å². The summed E-state index contributed by atoms with van der Waals surface area (Å²) in [4.78, 5) is 0. The zero-order valence-electron chi connectivity index (χ0n) is 9.85. The highest BCUT2D eigenvalue weighted by molar-refractivity contribution is 5.21. The molecule has 1 N–H and O–H groups in total. The van der Waals surface area contributed by atoms with Crippen molar-refractivity contribution in [3.05, 3.63) is 0 Å². The SMILES string of the molecule is CCNCCO[C@H]1CC[C@]12CCC21CC1. The first-order valence-electron chi connectivity index (χ1n) is 6.65. The highest BCUT2D eigenvalue weighted by Gasteiger charge is 2.71. The molecule has 0 heterocycles. The van der Waals surface area contributed by atoms with E-state index in [1.54, 1.807) is 0 Å². The molecule has 0 aromatic carbocycles. The molecule has 0 aromatic heterocycles. The third kappa shape index (κ3) is 1.31. The Bertz CT molecular complexity index is 245. The van der Waals surface area contributed by atoms with Gasteiger partial charge in [0.2, 0.25) is 0 Å². The molecule has 3 saturated carbocycles. The van der Waals surface area contributed by atoms with Gasteiger partial charge in [-0.25, -0.2) is 0 Å². The molecule has 2 nitrogen and oxygen atoms in total. The molecule has 0 radical (unpaired) electrons. The first-order valence-corrected chi connectivity index (χ1v) is 6.65. The normalized spacial score (nSPS) is 40.2. The average molecular weight is 209 g/mol. The van der Waals surface area contributed by atoms with E-state index in [-0.39, 0.29) is 0 Å². The minimum Gasteiger partial charge on any atom is -0.376 e.